The van der Waals surface area contributed by atoms with Gasteiger partial charge in [0, 0.05) is 22.2 Å². The molecule has 1 fully saturated rings. The minimum Gasteiger partial charge on any atom is -0.508 e. The summed E-state index contributed by atoms with van der Waals surface area (Å²) in [6.45, 7) is 4.53. The van der Waals surface area contributed by atoms with Gasteiger partial charge in [0.15, 0.2) is 0 Å². The quantitative estimate of drug-likeness (QED) is 0.436. The Bertz CT molecular complexity index is 1050. The van der Waals surface area contributed by atoms with E-state index >= 15 is 0 Å². The van der Waals surface area contributed by atoms with Crippen molar-refractivity contribution in [1.82, 2.24) is 10.2 Å². The van der Waals surface area contributed by atoms with Crippen LogP contribution in [0.1, 0.15) is 42.5 Å². The van der Waals surface area contributed by atoms with Crippen LogP contribution in [0.25, 0.3) is 0 Å². The number of phenols is 1. The van der Waals surface area contributed by atoms with Gasteiger partial charge in [-0.05, 0) is 74.3 Å². The number of amides is 1. The van der Waals surface area contributed by atoms with Crippen molar-refractivity contribution in [1.29, 1.82) is 0 Å². The molecule has 0 aromatic heterocycles. The van der Waals surface area contributed by atoms with Gasteiger partial charge < -0.3 is 15.3 Å². The van der Waals surface area contributed by atoms with E-state index in [9.17, 15) is 9.90 Å². The summed E-state index contributed by atoms with van der Waals surface area (Å²) in [7, 11) is 0. The monoisotopic (exact) mass is 482 g/mol. The molecule has 4 rings (SSSR count). The molecule has 3 aromatic rings. The molecule has 0 saturated carbocycles. The number of likely N-dealkylation sites (tertiary alicyclic amines) is 1. The average molecular weight is 483 g/mol. The summed E-state index contributed by atoms with van der Waals surface area (Å²) in [6.07, 6.45) is 2.30. The molecule has 1 aliphatic rings. The number of halogens is 2. The number of hydrogen-bond donors (Lipinski definition) is 2. The maximum Gasteiger partial charge on any atom is 0.235 e. The van der Waals surface area contributed by atoms with Gasteiger partial charge in [-0.1, -0.05) is 65.7 Å². The third kappa shape index (κ3) is 5.19. The van der Waals surface area contributed by atoms with Crippen LogP contribution in [0.2, 0.25) is 10.0 Å². The summed E-state index contributed by atoms with van der Waals surface area (Å²) >= 11 is 12.3. The molecule has 3 aromatic carbocycles. The molecular weight excluding hydrogens is 455 g/mol. The van der Waals surface area contributed by atoms with E-state index in [-0.39, 0.29) is 17.7 Å². The minimum absolute atomic E-state index is 0.153. The topological polar surface area (TPSA) is 52.6 Å². The third-order valence-corrected chi connectivity index (χ3v) is 7.06. The Labute approximate surface area is 205 Å². The highest BCUT2D eigenvalue weighted by molar-refractivity contribution is 6.30. The van der Waals surface area contributed by atoms with E-state index in [0.717, 1.165) is 37.1 Å². The molecule has 0 aliphatic carbocycles. The van der Waals surface area contributed by atoms with Crippen molar-refractivity contribution in [3.63, 3.8) is 0 Å². The molecule has 1 amide bonds. The Morgan fingerprint density at radius 3 is 1.97 bits per heavy atom. The fourth-order valence-corrected chi connectivity index (χ4v) is 4.78. The van der Waals surface area contributed by atoms with Gasteiger partial charge in [-0.3, -0.25) is 4.79 Å². The normalized spacial score (nSPS) is 15.4. The first-order chi connectivity index (χ1) is 15.9. The third-order valence-electron chi connectivity index (χ3n) is 6.55. The van der Waals surface area contributed by atoms with Crippen LogP contribution in [-0.2, 0) is 10.2 Å². The molecule has 33 heavy (non-hydrogen) atoms. The zero-order valence-corrected chi connectivity index (χ0v) is 20.1. The van der Waals surface area contributed by atoms with Gasteiger partial charge in [0.05, 0.1) is 11.5 Å². The lowest BCUT2D eigenvalue weighted by Crippen LogP contribution is -2.47. The highest BCUT2D eigenvalue weighted by Crippen LogP contribution is 2.35. The van der Waals surface area contributed by atoms with Crippen LogP contribution in [0, 0.1) is 0 Å². The Morgan fingerprint density at radius 2 is 1.45 bits per heavy atom. The summed E-state index contributed by atoms with van der Waals surface area (Å²) in [5, 5.41) is 15.0. The van der Waals surface area contributed by atoms with E-state index in [1.165, 1.54) is 0 Å². The Balaban J connectivity index is 1.72. The number of carbonyl (C=O) groups excluding carboxylic acids is 1. The fourth-order valence-electron chi connectivity index (χ4n) is 4.53. The van der Waals surface area contributed by atoms with Crippen LogP contribution in [-0.4, -0.2) is 35.5 Å². The standard InChI is InChI=1S/C27H28Cl2N2O2/c1-27(19-8-12-21(28)13-9-19,20-10-14-22(29)15-11-20)26(33)30-24(18-31-16-4-5-17-31)23-6-2-3-7-25(23)32/h2-3,6-15,24,32H,4-5,16-18H2,1H3,(H,30,33)/t24-/m1/s1. The van der Waals surface area contributed by atoms with Gasteiger partial charge in [0.1, 0.15) is 5.75 Å². The van der Waals surface area contributed by atoms with Crippen molar-refractivity contribution in [2.24, 2.45) is 0 Å². The predicted octanol–water partition coefficient (Wildman–Crippen LogP) is 5.96. The molecule has 0 unspecified atom stereocenters. The van der Waals surface area contributed by atoms with Crippen LogP contribution < -0.4 is 5.32 Å². The second-order valence-corrected chi connectivity index (χ2v) is 9.60. The number of hydrogen-bond acceptors (Lipinski definition) is 3. The number of rotatable bonds is 7. The summed E-state index contributed by atoms with van der Waals surface area (Å²) in [4.78, 5) is 16.4. The van der Waals surface area contributed by atoms with Gasteiger partial charge in [0.25, 0.3) is 0 Å². The molecule has 1 heterocycles. The molecule has 4 nitrogen and oxygen atoms in total. The average Bonchev–Trinajstić information content (AvgIpc) is 3.32. The molecule has 0 radical (unpaired) electrons. The van der Waals surface area contributed by atoms with Gasteiger partial charge in [-0.15, -0.1) is 0 Å². The molecule has 0 spiro atoms. The number of carbonyl (C=O) groups is 1. The Morgan fingerprint density at radius 1 is 0.939 bits per heavy atom. The molecule has 2 N–H and O–H groups in total. The smallest absolute Gasteiger partial charge is 0.235 e. The predicted molar refractivity (Wildman–Crippen MR) is 134 cm³/mol. The van der Waals surface area contributed by atoms with Crippen molar-refractivity contribution in [2.45, 2.75) is 31.2 Å². The van der Waals surface area contributed by atoms with Crippen molar-refractivity contribution in [3.8, 4) is 5.75 Å². The van der Waals surface area contributed by atoms with Crippen molar-refractivity contribution in [2.75, 3.05) is 19.6 Å². The lowest BCUT2D eigenvalue weighted by Gasteiger charge is -2.33. The maximum atomic E-state index is 14.0. The summed E-state index contributed by atoms with van der Waals surface area (Å²) in [6, 6.07) is 21.6. The van der Waals surface area contributed by atoms with Crippen molar-refractivity contribution in [3.05, 3.63) is 99.5 Å². The number of benzene rings is 3. The molecule has 1 atom stereocenters. The molecular formula is C27H28Cl2N2O2. The van der Waals surface area contributed by atoms with Crippen LogP contribution in [0.15, 0.2) is 72.8 Å². The summed E-state index contributed by atoms with van der Waals surface area (Å²) in [5.74, 6) is 0.0290. The van der Waals surface area contributed by atoms with Gasteiger partial charge in [-0.2, -0.15) is 0 Å². The van der Waals surface area contributed by atoms with Gasteiger partial charge >= 0.3 is 0 Å². The number of nitrogens with zero attached hydrogens (tertiary/aromatic N) is 1. The lowest BCUT2D eigenvalue weighted by molar-refractivity contribution is -0.125. The Kier molecular flexibility index (Phi) is 7.28. The van der Waals surface area contributed by atoms with E-state index in [1.54, 1.807) is 36.4 Å². The number of nitrogens with one attached hydrogen (secondary N) is 1. The highest BCUT2D eigenvalue weighted by atomic mass is 35.5. The first kappa shape index (κ1) is 23.6. The molecule has 6 heteroatoms. The van der Waals surface area contributed by atoms with Gasteiger partial charge in [-0.25, -0.2) is 0 Å². The lowest BCUT2D eigenvalue weighted by atomic mass is 9.75. The molecule has 1 aliphatic heterocycles. The van der Waals surface area contributed by atoms with Crippen LogP contribution in [0.4, 0.5) is 0 Å². The molecule has 1 saturated heterocycles. The molecule has 172 valence electrons. The number of phenolic OH excluding ortho intramolecular Hbond substituents is 1. The summed E-state index contributed by atoms with van der Waals surface area (Å²) in [5.41, 5.74) is 1.38. The fraction of sp³-hybridized carbons (Fsp3) is 0.296. The van der Waals surface area contributed by atoms with Crippen LogP contribution >= 0.6 is 23.2 Å². The van der Waals surface area contributed by atoms with E-state index in [0.29, 0.717) is 22.2 Å². The minimum atomic E-state index is -0.983. The summed E-state index contributed by atoms with van der Waals surface area (Å²) < 4.78 is 0. The second-order valence-electron chi connectivity index (χ2n) is 8.73. The van der Waals surface area contributed by atoms with E-state index in [4.69, 9.17) is 23.2 Å². The largest absolute Gasteiger partial charge is 0.508 e. The van der Waals surface area contributed by atoms with Crippen molar-refractivity contribution < 1.29 is 9.90 Å². The van der Waals surface area contributed by atoms with E-state index in [1.807, 2.05) is 43.3 Å². The Hall–Kier alpha value is -2.53. The van der Waals surface area contributed by atoms with Crippen molar-refractivity contribution >= 4 is 29.1 Å². The first-order valence-electron chi connectivity index (χ1n) is 11.2. The number of aromatic hydroxyl groups is 1. The zero-order valence-electron chi connectivity index (χ0n) is 18.6. The van der Waals surface area contributed by atoms with Crippen LogP contribution in [0.5, 0.6) is 5.75 Å². The molecule has 0 bridgehead atoms. The van der Waals surface area contributed by atoms with E-state index in [2.05, 4.69) is 10.2 Å². The SMILES string of the molecule is CC(C(=O)N[C@H](CN1CCCC1)c1ccccc1O)(c1ccc(Cl)cc1)c1ccc(Cl)cc1. The second kappa shape index (κ2) is 10.2. The zero-order chi connectivity index (χ0) is 23.4. The van der Waals surface area contributed by atoms with Gasteiger partial charge in [0.2, 0.25) is 5.91 Å². The maximum absolute atomic E-state index is 14.0. The first-order valence-corrected chi connectivity index (χ1v) is 12.0. The van der Waals surface area contributed by atoms with Crippen LogP contribution in [0.3, 0.4) is 0 Å². The number of para-hydroxylation sites is 1. The van der Waals surface area contributed by atoms with E-state index < -0.39 is 5.41 Å². The highest BCUT2D eigenvalue weighted by Gasteiger charge is 2.39.